The summed E-state index contributed by atoms with van der Waals surface area (Å²) in [5.74, 6) is 0. The van der Waals surface area contributed by atoms with Gasteiger partial charge >= 0.3 is 8.80 Å². The zero-order chi connectivity index (χ0) is 8.74. The van der Waals surface area contributed by atoms with Crippen molar-refractivity contribution in [1.82, 2.24) is 0 Å². The van der Waals surface area contributed by atoms with E-state index in [0.29, 0.717) is 6.61 Å². The molecule has 0 radical (unpaired) electrons. The van der Waals surface area contributed by atoms with E-state index in [0.717, 1.165) is 11.4 Å². The Morgan fingerprint density at radius 3 is 2.09 bits per heavy atom. The summed E-state index contributed by atoms with van der Waals surface area (Å²) in [7, 11) is 0.976. The summed E-state index contributed by atoms with van der Waals surface area (Å²) in [6, 6.07) is 0.813. The molecular weight excluding hydrogens is 228 g/mol. The first-order chi connectivity index (χ1) is 5.24. The third-order valence-electron chi connectivity index (χ3n) is 1.39. The minimum absolute atomic E-state index is 0.640. The molecule has 0 aliphatic heterocycles. The van der Waals surface area contributed by atoms with Crippen LogP contribution in [0.25, 0.3) is 0 Å². The lowest BCUT2D eigenvalue weighted by Crippen LogP contribution is -2.44. The Balaban J connectivity index is 3.96. The van der Waals surface area contributed by atoms with Crippen LogP contribution in [0.15, 0.2) is 0 Å². The average molecular weight is 243 g/mol. The summed E-state index contributed by atoms with van der Waals surface area (Å²) in [6.45, 7) is 2.58. The molecule has 0 unspecified atom stereocenters. The van der Waals surface area contributed by atoms with Gasteiger partial charge in [0.15, 0.2) is 0 Å². The fourth-order valence-corrected chi connectivity index (χ4v) is 3.90. The van der Waals surface area contributed by atoms with Gasteiger partial charge in [0.25, 0.3) is 0 Å². The maximum absolute atomic E-state index is 5.43. The first kappa shape index (κ1) is 11.6. The lowest BCUT2D eigenvalue weighted by molar-refractivity contribution is 0.106. The van der Waals surface area contributed by atoms with Crippen LogP contribution >= 0.6 is 15.9 Å². The number of hydrogen-bond acceptors (Lipinski definition) is 3. The predicted molar refractivity (Wildman–Crippen MR) is 50.0 cm³/mol. The number of rotatable bonds is 6. The molecule has 0 spiro atoms. The zero-order valence-corrected chi connectivity index (χ0v) is 9.81. The van der Waals surface area contributed by atoms with Crippen molar-refractivity contribution < 1.29 is 13.3 Å². The summed E-state index contributed by atoms with van der Waals surface area (Å²) in [5.41, 5.74) is 0. The molecule has 0 aromatic rings. The van der Waals surface area contributed by atoms with Gasteiger partial charge in [0, 0.05) is 32.2 Å². The van der Waals surface area contributed by atoms with Crippen LogP contribution in [0.5, 0.6) is 0 Å². The molecule has 11 heavy (non-hydrogen) atoms. The van der Waals surface area contributed by atoms with E-state index in [1.165, 1.54) is 0 Å². The van der Waals surface area contributed by atoms with Gasteiger partial charge in [0.1, 0.15) is 0 Å². The smallest absolute Gasteiger partial charge is 0.377 e. The molecule has 0 aliphatic carbocycles. The molecule has 0 aliphatic rings. The molecule has 0 amide bonds. The Kier molecular flexibility index (Phi) is 6.45. The highest BCUT2D eigenvalue weighted by atomic mass is 79.9. The van der Waals surface area contributed by atoms with Gasteiger partial charge in [-0.3, -0.25) is 0 Å². The highest BCUT2D eigenvalue weighted by Gasteiger charge is 2.37. The van der Waals surface area contributed by atoms with Crippen molar-refractivity contribution in [3.63, 3.8) is 0 Å². The van der Waals surface area contributed by atoms with Crippen molar-refractivity contribution in [2.45, 2.75) is 13.0 Å². The molecule has 68 valence electrons. The normalized spacial score (nSPS) is 12.0. The van der Waals surface area contributed by atoms with Crippen molar-refractivity contribution in [2.75, 3.05) is 26.2 Å². The van der Waals surface area contributed by atoms with Gasteiger partial charge in [0.05, 0.1) is 0 Å². The minimum Gasteiger partial charge on any atom is -0.377 e. The van der Waals surface area contributed by atoms with Crippen LogP contribution in [0.2, 0.25) is 6.04 Å². The topological polar surface area (TPSA) is 27.7 Å². The summed E-state index contributed by atoms with van der Waals surface area (Å²) >= 11 is 3.33. The standard InChI is InChI=1S/C6H15BrO3Si/c1-4-10-11(8-2,9-3)6-5-7/h4-6H2,1-3H3. The monoisotopic (exact) mass is 242 g/mol. The SMILES string of the molecule is CCO[Si](CCBr)(OC)OC. The molecule has 0 aromatic heterocycles. The summed E-state index contributed by atoms with van der Waals surface area (Å²) < 4.78 is 15.9. The third kappa shape index (κ3) is 3.66. The quantitative estimate of drug-likeness (QED) is 0.524. The Morgan fingerprint density at radius 1 is 1.27 bits per heavy atom. The molecule has 0 saturated carbocycles. The minimum atomic E-state index is -2.29. The van der Waals surface area contributed by atoms with Crippen LogP contribution in [0.1, 0.15) is 6.92 Å². The van der Waals surface area contributed by atoms with Crippen molar-refractivity contribution in [3.05, 3.63) is 0 Å². The van der Waals surface area contributed by atoms with Gasteiger partial charge in [-0.1, -0.05) is 15.9 Å². The molecule has 0 fully saturated rings. The van der Waals surface area contributed by atoms with E-state index in [2.05, 4.69) is 15.9 Å². The Morgan fingerprint density at radius 2 is 1.82 bits per heavy atom. The molecule has 3 nitrogen and oxygen atoms in total. The van der Waals surface area contributed by atoms with E-state index >= 15 is 0 Å². The lowest BCUT2D eigenvalue weighted by Gasteiger charge is -2.24. The van der Waals surface area contributed by atoms with Gasteiger partial charge in [-0.05, 0) is 6.92 Å². The van der Waals surface area contributed by atoms with Crippen molar-refractivity contribution in [2.24, 2.45) is 0 Å². The van der Waals surface area contributed by atoms with E-state index in [9.17, 15) is 0 Å². The van der Waals surface area contributed by atoms with Crippen molar-refractivity contribution in [3.8, 4) is 0 Å². The summed E-state index contributed by atoms with van der Waals surface area (Å²) in [5, 5.41) is 0.848. The van der Waals surface area contributed by atoms with Crippen LogP contribution in [-0.4, -0.2) is 35.0 Å². The van der Waals surface area contributed by atoms with Gasteiger partial charge in [-0.15, -0.1) is 0 Å². The molecule has 0 aromatic carbocycles. The van der Waals surface area contributed by atoms with Crippen LogP contribution < -0.4 is 0 Å². The Hall–Kier alpha value is 0.577. The second-order valence-corrected chi connectivity index (χ2v) is 5.73. The first-order valence-corrected chi connectivity index (χ1v) is 6.60. The van der Waals surface area contributed by atoms with Crippen molar-refractivity contribution in [1.29, 1.82) is 0 Å². The average Bonchev–Trinajstić information content (AvgIpc) is 2.04. The second-order valence-electron chi connectivity index (χ2n) is 1.96. The van der Waals surface area contributed by atoms with Gasteiger partial charge in [-0.2, -0.15) is 0 Å². The maximum Gasteiger partial charge on any atom is 0.501 e. The first-order valence-electron chi connectivity index (χ1n) is 3.55. The van der Waals surface area contributed by atoms with E-state index in [-0.39, 0.29) is 0 Å². The van der Waals surface area contributed by atoms with E-state index in [1.54, 1.807) is 14.2 Å². The fourth-order valence-electron chi connectivity index (χ4n) is 0.813. The fraction of sp³-hybridized carbons (Fsp3) is 1.00. The predicted octanol–water partition coefficient (Wildman–Crippen LogP) is 1.65. The molecule has 5 heteroatoms. The van der Waals surface area contributed by atoms with E-state index in [1.807, 2.05) is 6.92 Å². The number of alkyl halides is 1. The van der Waals surface area contributed by atoms with E-state index < -0.39 is 8.80 Å². The molecule has 0 atom stereocenters. The van der Waals surface area contributed by atoms with Crippen LogP contribution in [-0.2, 0) is 13.3 Å². The third-order valence-corrected chi connectivity index (χ3v) is 5.35. The number of hydrogen-bond donors (Lipinski definition) is 0. The molecule has 0 N–H and O–H groups in total. The number of halogens is 1. The zero-order valence-electron chi connectivity index (χ0n) is 7.22. The van der Waals surface area contributed by atoms with Crippen LogP contribution in [0.4, 0.5) is 0 Å². The molecule has 0 heterocycles. The van der Waals surface area contributed by atoms with Gasteiger partial charge < -0.3 is 13.3 Å². The van der Waals surface area contributed by atoms with Gasteiger partial charge in [-0.25, -0.2) is 0 Å². The van der Waals surface area contributed by atoms with Gasteiger partial charge in [0.2, 0.25) is 0 Å². The van der Waals surface area contributed by atoms with Crippen LogP contribution in [0.3, 0.4) is 0 Å². The largest absolute Gasteiger partial charge is 0.501 e. The molecular formula is C6H15BrO3Si. The highest BCUT2D eigenvalue weighted by Crippen LogP contribution is 2.14. The summed E-state index contributed by atoms with van der Waals surface area (Å²) in [6.07, 6.45) is 0. The highest BCUT2D eigenvalue weighted by molar-refractivity contribution is 9.09. The Bertz CT molecular complexity index is 89.8. The maximum atomic E-state index is 5.43. The molecule has 0 saturated heterocycles. The Labute approximate surface area is 77.5 Å². The molecule has 0 bridgehead atoms. The van der Waals surface area contributed by atoms with Crippen LogP contribution in [0, 0.1) is 0 Å². The van der Waals surface area contributed by atoms with E-state index in [4.69, 9.17) is 13.3 Å². The second kappa shape index (κ2) is 6.13. The summed E-state index contributed by atoms with van der Waals surface area (Å²) in [4.78, 5) is 0. The lowest BCUT2D eigenvalue weighted by atomic mass is 10.9. The van der Waals surface area contributed by atoms with Crippen molar-refractivity contribution >= 4 is 24.7 Å². The molecule has 0 rings (SSSR count).